The summed E-state index contributed by atoms with van der Waals surface area (Å²) in [4.78, 5) is 19.4. The lowest BCUT2D eigenvalue weighted by Crippen LogP contribution is -2.32. The van der Waals surface area contributed by atoms with E-state index >= 15 is 0 Å². The Kier molecular flexibility index (Phi) is 4.28. The molecule has 1 amide bonds. The molecule has 1 aromatic heterocycles. The number of hydrogen-bond acceptors (Lipinski definition) is 4. The van der Waals surface area contributed by atoms with Crippen LogP contribution in [-0.2, 0) is 0 Å². The third-order valence-corrected chi connectivity index (χ3v) is 5.05. The predicted octanol–water partition coefficient (Wildman–Crippen LogP) is 4.48. The van der Waals surface area contributed by atoms with Crippen LogP contribution in [0.4, 0.5) is 11.4 Å². The van der Waals surface area contributed by atoms with Crippen molar-refractivity contribution in [3.63, 3.8) is 0 Å². The molecule has 1 N–H and O–H groups in total. The molecule has 1 atom stereocenters. The molecule has 0 saturated heterocycles. The number of aromatic nitrogens is 1. The highest BCUT2D eigenvalue weighted by atomic mass is 16.5. The van der Waals surface area contributed by atoms with Gasteiger partial charge in [-0.25, -0.2) is 0 Å². The third kappa shape index (κ3) is 2.91. The maximum absolute atomic E-state index is 13.1. The second-order valence-corrected chi connectivity index (χ2v) is 6.60. The molecule has 5 heteroatoms. The Balaban J connectivity index is 1.78. The van der Waals surface area contributed by atoms with E-state index in [0.29, 0.717) is 5.56 Å². The Morgan fingerprint density at radius 1 is 1.04 bits per heavy atom. The number of nitrogens with zero attached hydrogens (tertiary/aromatic N) is 2. The highest BCUT2D eigenvalue weighted by Crippen LogP contribution is 2.38. The fraction of sp³-hybridized carbons (Fsp3) is 0.182. The third-order valence-electron chi connectivity index (χ3n) is 5.05. The minimum Gasteiger partial charge on any atom is -0.497 e. The number of nitrogens with one attached hydrogen (secondary N) is 1. The van der Waals surface area contributed by atoms with E-state index < -0.39 is 0 Å². The molecule has 0 bridgehead atoms. The van der Waals surface area contributed by atoms with E-state index in [2.05, 4.69) is 30.2 Å². The van der Waals surface area contributed by atoms with Crippen molar-refractivity contribution in [2.45, 2.75) is 20.0 Å². The van der Waals surface area contributed by atoms with Crippen LogP contribution in [0.2, 0.25) is 0 Å². The van der Waals surface area contributed by atoms with Gasteiger partial charge in [0.25, 0.3) is 5.91 Å². The van der Waals surface area contributed by atoms with E-state index in [-0.39, 0.29) is 12.1 Å². The van der Waals surface area contributed by atoms with E-state index in [1.165, 1.54) is 5.56 Å². The van der Waals surface area contributed by atoms with Crippen LogP contribution < -0.4 is 15.0 Å². The van der Waals surface area contributed by atoms with Crippen molar-refractivity contribution in [2.75, 3.05) is 17.3 Å². The summed E-state index contributed by atoms with van der Waals surface area (Å²) in [7, 11) is 1.63. The minimum absolute atomic E-state index is 0.0638. The van der Waals surface area contributed by atoms with Crippen molar-refractivity contribution >= 4 is 17.3 Å². The Morgan fingerprint density at radius 3 is 2.56 bits per heavy atom. The molecular weight excluding hydrogens is 338 g/mol. The Hall–Kier alpha value is -3.34. The van der Waals surface area contributed by atoms with Gasteiger partial charge < -0.3 is 10.1 Å². The smallest absolute Gasteiger partial charge is 0.262 e. The first kappa shape index (κ1) is 17.1. The van der Waals surface area contributed by atoms with Gasteiger partial charge in [-0.05, 0) is 67.4 Å². The van der Waals surface area contributed by atoms with Gasteiger partial charge in [0.15, 0.2) is 6.17 Å². The lowest BCUT2D eigenvalue weighted by molar-refractivity contribution is 0.0993. The first-order valence-corrected chi connectivity index (χ1v) is 8.85. The van der Waals surface area contributed by atoms with E-state index in [1.807, 2.05) is 42.5 Å². The summed E-state index contributed by atoms with van der Waals surface area (Å²) in [6.45, 7) is 4.15. The van der Waals surface area contributed by atoms with Gasteiger partial charge in [-0.15, -0.1) is 0 Å². The van der Waals surface area contributed by atoms with Gasteiger partial charge >= 0.3 is 0 Å². The number of hydrogen-bond donors (Lipinski definition) is 1. The van der Waals surface area contributed by atoms with E-state index in [9.17, 15) is 4.79 Å². The van der Waals surface area contributed by atoms with Crippen molar-refractivity contribution in [2.24, 2.45) is 0 Å². The van der Waals surface area contributed by atoms with Crippen LogP contribution in [0.25, 0.3) is 0 Å². The van der Waals surface area contributed by atoms with Crippen LogP contribution in [0.5, 0.6) is 5.75 Å². The summed E-state index contributed by atoms with van der Waals surface area (Å²) >= 11 is 0. The van der Waals surface area contributed by atoms with Crippen LogP contribution in [0.1, 0.15) is 33.3 Å². The van der Waals surface area contributed by atoms with Gasteiger partial charge in [0.05, 0.1) is 18.4 Å². The standard InChI is InChI=1S/C22H21N3O2/c1-14-6-4-8-19(15(14)2)24-21-20-18(7-5-13-23-20)22(26)25(21)16-9-11-17(27-3)12-10-16/h4-13,21,24H,1-3H3/t21-/m0/s1. The lowest BCUT2D eigenvalue weighted by atomic mass is 10.1. The van der Waals surface area contributed by atoms with Gasteiger partial charge in [0.1, 0.15) is 5.75 Å². The molecular formula is C22H21N3O2. The van der Waals surface area contributed by atoms with Gasteiger partial charge in [-0.2, -0.15) is 0 Å². The number of carbonyl (C=O) groups excluding carboxylic acids is 1. The molecule has 0 saturated carbocycles. The summed E-state index contributed by atoms with van der Waals surface area (Å²) in [5.74, 6) is 0.686. The molecule has 5 nitrogen and oxygen atoms in total. The van der Waals surface area contributed by atoms with Crippen LogP contribution >= 0.6 is 0 Å². The van der Waals surface area contributed by atoms with Gasteiger partial charge in [-0.1, -0.05) is 12.1 Å². The molecule has 4 rings (SSSR count). The van der Waals surface area contributed by atoms with Crippen molar-refractivity contribution < 1.29 is 9.53 Å². The number of carbonyl (C=O) groups is 1. The second kappa shape index (κ2) is 6.76. The molecule has 2 heterocycles. The molecule has 0 fully saturated rings. The first-order valence-electron chi connectivity index (χ1n) is 8.85. The summed E-state index contributed by atoms with van der Waals surface area (Å²) in [6.07, 6.45) is 1.35. The molecule has 1 aliphatic heterocycles. The SMILES string of the molecule is COc1ccc(N2C(=O)c3cccnc3[C@H]2Nc2cccc(C)c2C)cc1. The van der Waals surface area contributed by atoms with E-state index in [4.69, 9.17) is 4.74 Å². The number of benzene rings is 2. The fourth-order valence-electron chi connectivity index (χ4n) is 3.38. The maximum Gasteiger partial charge on any atom is 0.262 e. The Morgan fingerprint density at radius 2 is 1.81 bits per heavy atom. The van der Waals surface area contributed by atoms with E-state index in [1.54, 1.807) is 24.3 Å². The largest absolute Gasteiger partial charge is 0.497 e. The summed E-state index contributed by atoms with van der Waals surface area (Å²) < 4.78 is 5.24. The number of rotatable bonds is 4. The van der Waals surface area contributed by atoms with Crippen LogP contribution in [-0.4, -0.2) is 18.0 Å². The predicted molar refractivity (Wildman–Crippen MR) is 106 cm³/mol. The second-order valence-electron chi connectivity index (χ2n) is 6.60. The highest BCUT2D eigenvalue weighted by Gasteiger charge is 2.39. The molecule has 3 aromatic rings. The molecule has 0 spiro atoms. The summed E-state index contributed by atoms with van der Waals surface area (Å²) in [6, 6.07) is 17.2. The van der Waals surface area contributed by atoms with Gasteiger partial charge in [0, 0.05) is 17.6 Å². The number of anilines is 2. The number of pyridine rings is 1. The zero-order valence-electron chi connectivity index (χ0n) is 15.6. The van der Waals surface area contributed by atoms with E-state index in [0.717, 1.165) is 28.4 Å². The van der Waals surface area contributed by atoms with Crippen molar-refractivity contribution in [3.8, 4) is 5.75 Å². The van der Waals surface area contributed by atoms with Gasteiger partial charge in [-0.3, -0.25) is 14.7 Å². The molecule has 136 valence electrons. The Labute approximate surface area is 158 Å². The number of ether oxygens (including phenoxy) is 1. The topological polar surface area (TPSA) is 54.5 Å². The molecule has 2 aromatic carbocycles. The molecule has 0 aliphatic carbocycles. The zero-order valence-corrected chi connectivity index (χ0v) is 15.6. The monoisotopic (exact) mass is 359 g/mol. The van der Waals surface area contributed by atoms with Crippen LogP contribution in [0.3, 0.4) is 0 Å². The Bertz CT molecular complexity index is 999. The minimum atomic E-state index is -0.373. The van der Waals surface area contributed by atoms with Gasteiger partial charge in [0.2, 0.25) is 0 Å². The number of fused-ring (bicyclic) bond motifs is 1. The average Bonchev–Trinajstić information content (AvgIpc) is 2.98. The van der Waals surface area contributed by atoms with Crippen molar-refractivity contribution in [1.82, 2.24) is 4.98 Å². The van der Waals surface area contributed by atoms with Crippen LogP contribution in [0.15, 0.2) is 60.8 Å². The lowest BCUT2D eigenvalue weighted by Gasteiger charge is -2.27. The zero-order chi connectivity index (χ0) is 19.0. The highest BCUT2D eigenvalue weighted by molar-refractivity contribution is 6.11. The maximum atomic E-state index is 13.1. The molecule has 27 heavy (non-hydrogen) atoms. The quantitative estimate of drug-likeness (QED) is 0.746. The molecule has 0 unspecified atom stereocenters. The van der Waals surface area contributed by atoms with Crippen molar-refractivity contribution in [3.05, 3.63) is 83.2 Å². The summed E-state index contributed by atoms with van der Waals surface area (Å²) in [5, 5.41) is 3.53. The van der Waals surface area contributed by atoms with Crippen LogP contribution in [0, 0.1) is 13.8 Å². The number of aryl methyl sites for hydroxylation is 1. The first-order chi connectivity index (χ1) is 13.1. The molecule has 0 radical (unpaired) electrons. The normalized spacial score (nSPS) is 15.6. The average molecular weight is 359 g/mol. The van der Waals surface area contributed by atoms with Crippen molar-refractivity contribution in [1.29, 1.82) is 0 Å². The number of amides is 1. The molecule has 1 aliphatic rings. The fourth-order valence-corrected chi connectivity index (χ4v) is 3.38. The number of methoxy groups -OCH3 is 1. The summed E-state index contributed by atoms with van der Waals surface area (Å²) in [5.41, 5.74) is 5.49.